The third kappa shape index (κ3) is 4.16. The second kappa shape index (κ2) is 6.68. The number of carboxylic acids is 1. The van der Waals surface area contributed by atoms with Crippen molar-refractivity contribution in [3.8, 4) is 0 Å². The van der Waals surface area contributed by atoms with Crippen LogP contribution in [0, 0.1) is 0 Å². The Morgan fingerprint density at radius 1 is 1.32 bits per heavy atom. The summed E-state index contributed by atoms with van der Waals surface area (Å²) in [5.41, 5.74) is 0. The van der Waals surface area contributed by atoms with Crippen molar-refractivity contribution >= 4 is 5.97 Å². The van der Waals surface area contributed by atoms with Gasteiger partial charge in [0.1, 0.15) is 6.04 Å². The molecule has 0 aliphatic carbocycles. The molecule has 2 aliphatic heterocycles. The second-order valence-electron chi connectivity index (χ2n) is 6.16. The minimum Gasteiger partial charge on any atom is -0.480 e. The third-order valence-corrected chi connectivity index (χ3v) is 4.19. The van der Waals surface area contributed by atoms with Gasteiger partial charge in [0.2, 0.25) is 0 Å². The van der Waals surface area contributed by atoms with Crippen molar-refractivity contribution in [2.45, 2.75) is 51.2 Å². The summed E-state index contributed by atoms with van der Waals surface area (Å²) in [4.78, 5) is 16.2. The van der Waals surface area contributed by atoms with E-state index in [9.17, 15) is 9.90 Å². The lowest BCUT2D eigenvalue weighted by molar-refractivity contribution is -0.140. The van der Waals surface area contributed by atoms with Crippen LogP contribution >= 0.6 is 0 Å². The van der Waals surface area contributed by atoms with Gasteiger partial charge in [0, 0.05) is 38.3 Å². The van der Waals surface area contributed by atoms with Gasteiger partial charge in [0.05, 0.1) is 0 Å². The molecule has 5 nitrogen and oxygen atoms in total. The summed E-state index contributed by atoms with van der Waals surface area (Å²) < 4.78 is 0. The van der Waals surface area contributed by atoms with E-state index in [1.54, 1.807) is 0 Å². The molecule has 0 spiro atoms. The van der Waals surface area contributed by atoms with Gasteiger partial charge in [0.15, 0.2) is 0 Å². The normalized spacial score (nSPS) is 27.2. The zero-order chi connectivity index (χ0) is 13.8. The lowest BCUT2D eigenvalue weighted by atomic mass is 9.99. The summed E-state index contributed by atoms with van der Waals surface area (Å²) in [6, 6.07) is 0.406. The average Bonchev–Trinajstić information content (AvgIpc) is 2.37. The van der Waals surface area contributed by atoms with Crippen molar-refractivity contribution in [3.05, 3.63) is 0 Å². The van der Waals surface area contributed by atoms with E-state index in [4.69, 9.17) is 0 Å². The molecule has 0 saturated carbocycles. The van der Waals surface area contributed by atoms with Crippen molar-refractivity contribution in [2.24, 2.45) is 0 Å². The Balaban J connectivity index is 1.86. The Morgan fingerprint density at radius 3 is 2.79 bits per heavy atom. The summed E-state index contributed by atoms with van der Waals surface area (Å²) >= 11 is 0. The molecule has 2 rings (SSSR count). The lowest BCUT2D eigenvalue weighted by Crippen LogP contribution is -2.58. The van der Waals surface area contributed by atoms with Crippen LogP contribution < -0.4 is 5.32 Å². The minimum atomic E-state index is -0.736. The highest BCUT2D eigenvalue weighted by molar-refractivity contribution is 5.73. The molecule has 0 aromatic rings. The Kier molecular flexibility index (Phi) is 5.19. The lowest BCUT2D eigenvalue weighted by Gasteiger charge is -2.44. The van der Waals surface area contributed by atoms with E-state index in [1.807, 2.05) is 13.8 Å². The fraction of sp³-hybridized carbons (Fsp3) is 0.929. The first-order chi connectivity index (χ1) is 9.06. The number of piperidine rings is 1. The van der Waals surface area contributed by atoms with Gasteiger partial charge in [0.25, 0.3) is 0 Å². The van der Waals surface area contributed by atoms with Gasteiger partial charge in [-0.25, -0.2) is 0 Å². The highest BCUT2D eigenvalue weighted by Gasteiger charge is 2.31. The van der Waals surface area contributed by atoms with Crippen LogP contribution in [0.5, 0.6) is 0 Å². The van der Waals surface area contributed by atoms with Gasteiger partial charge < -0.3 is 10.4 Å². The number of nitrogens with one attached hydrogen (secondary N) is 1. The number of carboxylic acid groups (broad SMARTS) is 1. The number of hydrogen-bond acceptors (Lipinski definition) is 4. The number of aliphatic carboxylic acids is 1. The fourth-order valence-electron chi connectivity index (χ4n) is 3.25. The Bertz CT molecular complexity index is 309. The van der Waals surface area contributed by atoms with E-state index in [2.05, 4.69) is 15.1 Å². The Hall–Kier alpha value is -0.650. The summed E-state index contributed by atoms with van der Waals surface area (Å²) in [6.07, 6.45) is 3.91. The van der Waals surface area contributed by atoms with Crippen molar-refractivity contribution in [1.82, 2.24) is 15.1 Å². The van der Waals surface area contributed by atoms with Crippen LogP contribution in [-0.2, 0) is 4.79 Å². The SMILES string of the molecule is CC(C)NC(CN1CCN2CCCCC2C1)C(=O)O. The van der Waals surface area contributed by atoms with Crippen LogP contribution in [0.1, 0.15) is 33.1 Å². The highest BCUT2D eigenvalue weighted by Crippen LogP contribution is 2.21. The van der Waals surface area contributed by atoms with E-state index < -0.39 is 12.0 Å². The van der Waals surface area contributed by atoms with E-state index in [0.29, 0.717) is 12.6 Å². The zero-order valence-electron chi connectivity index (χ0n) is 12.1. The molecule has 110 valence electrons. The molecule has 0 aromatic heterocycles. The van der Waals surface area contributed by atoms with Gasteiger partial charge in [-0.15, -0.1) is 0 Å². The number of hydrogen-bond donors (Lipinski definition) is 2. The Morgan fingerprint density at radius 2 is 2.11 bits per heavy atom. The van der Waals surface area contributed by atoms with E-state index in [1.165, 1.54) is 25.8 Å². The first-order valence-corrected chi connectivity index (χ1v) is 7.51. The number of nitrogens with zero attached hydrogens (tertiary/aromatic N) is 2. The molecule has 2 atom stereocenters. The van der Waals surface area contributed by atoms with Crippen LogP contribution in [0.3, 0.4) is 0 Å². The summed E-state index contributed by atoms with van der Waals surface area (Å²) in [5.74, 6) is -0.736. The minimum absolute atomic E-state index is 0.206. The molecule has 0 amide bonds. The third-order valence-electron chi connectivity index (χ3n) is 4.19. The molecule has 2 saturated heterocycles. The predicted molar refractivity (Wildman–Crippen MR) is 75.3 cm³/mol. The van der Waals surface area contributed by atoms with Gasteiger partial charge in [-0.1, -0.05) is 20.3 Å². The molecule has 0 radical (unpaired) electrons. The van der Waals surface area contributed by atoms with Crippen molar-refractivity contribution in [3.63, 3.8) is 0 Å². The smallest absolute Gasteiger partial charge is 0.322 e. The standard InChI is InChI=1S/C14H27N3O2/c1-11(2)15-13(14(18)19)10-16-7-8-17-6-4-3-5-12(17)9-16/h11-13,15H,3-10H2,1-2H3,(H,18,19). The Labute approximate surface area is 115 Å². The maximum absolute atomic E-state index is 11.3. The predicted octanol–water partition coefficient (Wildman–Crippen LogP) is 0.608. The van der Waals surface area contributed by atoms with Crippen LogP contribution in [0.2, 0.25) is 0 Å². The van der Waals surface area contributed by atoms with E-state index >= 15 is 0 Å². The topological polar surface area (TPSA) is 55.8 Å². The highest BCUT2D eigenvalue weighted by atomic mass is 16.4. The number of carbonyl (C=O) groups is 1. The van der Waals surface area contributed by atoms with E-state index in [0.717, 1.165) is 19.6 Å². The van der Waals surface area contributed by atoms with Crippen LogP contribution in [0.25, 0.3) is 0 Å². The maximum Gasteiger partial charge on any atom is 0.322 e. The van der Waals surface area contributed by atoms with Gasteiger partial charge in [-0.3, -0.25) is 14.6 Å². The largest absolute Gasteiger partial charge is 0.480 e. The number of fused-ring (bicyclic) bond motifs is 1. The molecule has 2 aliphatic rings. The second-order valence-corrected chi connectivity index (χ2v) is 6.16. The number of piperazine rings is 1. The first-order valence-electron chi connectivity index (χ1n) is 7.51. The van der Waals surface area contributed by atoms with E-state index in [-0.39, 0.29) is 6.04 Å². The van der Waals surface area contributed by atoms with Gasteiger partial charge in [-0.05, 0) is 19.4 Å². The molecule has 19 heavy (non-hydrogen) atoms. The molecule has 2 N–H and O–H groups in total. The molecule has 2 unspecified atom stereocenters. The summed E-state index contributed by atoms with van der Waals surface area (Å²) in [7, 11) is 0. The number of rotatable bonds is 5. The molecule has 5 heteroatoms. The molecule has 2 heterocycles. The average molecular weight is 269 g/mol. The molecule has 0 bridgehead atoms. The monoisotopic (exact) mass is 269 g/mol. The summed E-state index contributed by atoms with van der Waals surface area (Å²) in [6.45, 7) is 8.97. The molecular formula is C14H27N3O2. The molecule has 0 aromatic carbocycles. The van der Waals surface area contributed by atoms with Crippen LogP contribution in [0.4, 0.5) is 0 Å². The molecular weight excluding hydrogens is 242 g/mol. The summed E-state index contributed by atoms with van der Waals surface area (Å²) in [5, 5.41) is 12.4. The van der Waals surface area contributed by atoms with Gasteiger partial charge in [-0.2, -0.15) is 0 Å². The fourth-order valence-corrected chi connectivity index (χ4v) is 3.25. The molecule has 2 fully saturated rings. The van der Waals surface area contributed by atoms with Crippen molar-refractivity contribution in [2.75, 3.05) is 32.7 Å². The van der Waals surface area contributed by atoms with Crippen LogP contribution in [-0.4, -0.2) is 71.7 Å². The van der Waals surface area contributed by atoms with Crippen molar-refractivity contribution < 1.29 is 9.90 Å². The van der Waals surface area contributed by atoms with Gasteiger partial charge >= 0.3 is 5.97 Å². The quantitative estimate of drug-likeness (QED) is 0.766. The maximum atomic E-state index is 11.3. The zero-order valence-corrected chi connectivity index (χ0v) is 12.1. The van der Waals surface area contributed by atoms with Crippen LogP contribution in [0.15, 0.2) is 0 Å². The first kappa shape index (κ1) is 14.8. The van der Waals surface area contributed by atoms with Crippen molar-refractivity contribution in [1.29, 1.82) is 0 Å².